The van der Waals surface area contributed by atoms with Crippen LogP contribution in [0.1, 0.15) is 43.4 Å². The number of carbonyl (C=O) groups is 3. The second-order valence-corrected chi connectivity index (χ2v) is 9.37. The zero-order valence-electron chi connectivity index (χ0n) is 21.2. The molecular weight excluding hydrogens is 482 g/mol. The van der Waals surface area contributed by atoms with Crippen molar-refractivity contribution in [3.05, 3.63) is 58.0 Å². The van der Waals surface area contributed by atoms with Crippen LogP contribution in [-0.4, -0.2) is 55.5 Å². The van der Waals surface area contributed by atoms with Crippen molar-refractivity contribution >= 4 is 35.0 Å². The van der Waals surface area contributed by atoms with Gasteiger partial charge in [-0.25, -0.2) is 4.79 Å². The number of carbonyl (C=O) groups excluding carboxylic acids is 3. The molecule has 2 aromatic rings. The van der Waals surface area contributed by atoms with Crippen LogP contribution in [0.5, 0.6) is 17.2 Å². The number of hydrogen-bond acceptors (Lipinski definition) is 8. The van der Waals surface area contributed by atoms with Crippen LogP contribution in [0.2, 0.25) is 0 Å². The largest absolute Gasteiger partial charge is 0.493 e. The fraction of sp³-hybridized carbons (Fsp3) is 0.370. The van der Waals surface area contributed by atoms with E-state index >= 15 is 0 Å². The Hall–Kier alpha value is -3.46. The Morgan fingerprint density at radius 3 is 2.53 bits per heavy atom. The Balaban J connectivity index is 1.65. The molecule has 36 heavy (non-hydrogen) atoms. The molecule has 0 spiro atoms. The summed E-state index contributed by atoms with van der Waals surface area (Å²) >= 11 is 0.880. The summed E-state index contributed by atoms with van der Waals surface area (Å²) in [6.45, 7) is 8.27. The lowest BCUT2D eigenvalue weighted by molar-refractivity contribution is -0.145. The van der Waals surface area contributed by atoms with Gasteiger partial charge < -0.3 is 18.9 Å². The maximum Gasteiger partial charge on any atom is 0.344 e. The zero-order valence-corrected chi connectivity index (χ0v) is 22.0. The molecule has 2 amide bonds. The molecule has 1 aliphatic rings. The van der Waals surface area contributed by atoms with E-state index in [-0.39, 0.29) is 37.5 Å². The van der Waals surface area contributed by atoms with Crippen molar-refractivity contribution in [3.8, 4) is 17.2 Å². The minimum atomic E-state index is -0.482. The Kier molecular flexibility index (Phi) is 9.41. The summed E-state index contributed by atoms with van der Waals surface area (Å²) in [6, 6.07) is 11.1. The molecule has 0 saturated carbocycles. The van der Waals surface area contributed by atoms with Crippen molar-refractivity contribution in [1.82, 2.24) is 4.90 Å². The van der Waals surface area contributed by atoms with E-state index in [1.165, 1.54) is 12.0 Å². The number of ether oxygens (including phenoxy) is 4. The number of nitrogens with zero attached hydrogens (tertiary/aromatic N) is 1. The van der Waals surface area contributed by atoms with Gasteiger partial charge in [-0.05, 0) is 72.5 Å². The highest BCUT2D eigenvalue weighted by Crippen LogP contribution is 2.35. The second kappa shape index (κ2) is 12.5. The SMILES string of the molecule is CCOC(=O)COc1ccc(/C=C2\SC(=O)N(CCOc3cc(C)ccc3C(C)C)C2=O)cc1OC. The summed E-state index contributed by atoms with van der Waals surface area (Å²) in [7, 11) is 1.48. The number of aryl methyl sites for hydroxylation is 1. The number of esters is 1. The van der Waals surface area contributed by atoms with Gasteiger partial charge in [0.25, 0.3) is 11.1 Å². The van der Waals surface area contributed by atoms with Gasteiger partial charge in [-0.15, -0.1) is 0 Å². The van der Waals surface area contributed by atoms with Crippen molar-refractivity contribution in [2.24, 2.45) is 0 Å². The highest BCUT2D eigenvalue weighted by molar-refractivity contribution is 8.18. The lowest BCUT2D eigenvalue weighted by Crippen LogP contribution is -2.32. The van der Waals surface area contributed by atoms with E-state index in [9.17, 15) is 14.4 Å². The Labute approximate surface area is 215 Å². The molecule has 1 heterocycles. The maximum atomic E-state index is 12.9. The summed E-state index contributed by atoms with van der Waals surface area (Å²) in [5, 5.41) is -0.343. The summed E-state index contributed by atoms with van der Waals surface area (Å²) in [5.41, 5.74) is 2.81. The van der Waals surface area contributed by atoms with Crippen molar-refractivity contribution in [1.29, 1.82) is 0 Å². The third-order valence-electron chi connectivity index (χ3n) is 5.37. The molecule has 1 saturated heterocycles. The quantitative estimate of drug-likeness (QED) is 0.300. The first-order valence-electron chi connectivity index (χ1n) is 11.7. The smallest absolute Gasteiger partial charge is 0.344 e. The zero-order chi connectivity index (χ0) is 26.2. The first kappa shape index (κ1) is 27.1. The van der Waals surface area contributed by atoms with E-state index in [0.717, 1.165) is 28.6 Å². The predicted molar refractivity (Wildman–Crippen MR) is 139 cm³/mol. The summed E-state index contributed by atoms with van der Waals surface area (Å²) < 4.78 is 21.6. The predicted octanol–water partition coefficient (Wildman–Crippen LogP) is 5.18. The number of methoxy groups -OCH3 is 1. The molecule has 8 nitrogen and oxygen atoms in total. The maximum absolute atomic E-state index is 12.9. The molecule has 0 bridgehead atoms. The molecular formula is C27H31NO7S. The summed E-state index contributed by atoms with van der Waals surface area (Å²) in [5.74, 6) is 0.960. The van der Waals surface area contributed by atoms with Crippen LogP contribution in [0.4, 0.5) is 4.79 Å². The Morgan fingerprint density at radius 1 is 1.06 bits per heavy atom. The van der Waals surface area contributed by atoms with Crippen LogP contribution < -0.4 is 14.2 Å². The Bertz CT molecular complexity index is 1160. The highest BCUT2D eigenvalue weighted by Gasteiger charge is 2.35. The average Bonchev–Trinajstić information content (AvgIpc) is 3.10. The molecule has 0 N–H and O–H groups in total. The minimum Gasteiger partial charge on any atom is -0.493 e. The molecule has 2 aromatic carbocycles. The standard InChI is InChI=1S/C27H31NO7S/c1-6-33-25(29)16-35-21-10-8-19(14-23(21)32-5)15-24-26(30)28(27(31)36-24)11-12-34-22-13-18(4)7-9-20(22)17(2)3/h7-10,13-15,17H,6,11-12,16H2,1-5H3/b24-15-. The number of rotatable bonds is 11. The van der Waals surface area contributed by atoms with Crippen LogP contribution in [-0.2, 0) is 14.3 Å². The molecule has 0 atom stereocenters. The highest BCUT2D eigenvalue weighted by atomic mass is 32.2. The average molecular weight is 514 g/mol. The van der Waals surface area contributed by atoms with E-state index in [2.05, 4.69) is 13.8 Å². The van der Waals surface area contributed by atoms with Crippen LogP contribution in [0.25, 0.3) is 6.08 Å². The van der Waals surface area contributed by atoms with Gasteiger partial charge in [0.15, 0.2) is 18.1 Å². The van der Waals surface area contributed by atoms with E-state index in [1.807, 2.05) is 25.1 Å². The van der Waals surface area contributed by atoms with Crippen LogP contribution >= 0.6 is 11.8 Å². The van der Waals surface area contributed by atoms with Crippen molar-refractivity contribution in [3.63, 3.8) is 0 Å². The van der Waals surface area contributed by atoms with E-state index in [1.54, 1.807) is 31.2 Å². The summed E-state index contributed by atoms with van der Waals surface area (Å²) in [4.78, 5) is 38.5. The third-order valence-corrected chi connectivity index (χ3v) is 6.28. The Morgan fingerprint density at radius 2 is 1.83 bits per heavy atom. The lowest BCUT2D eigenvalue weighted by atomic mass is 10.0. The number of benzene rings is 2. The molecule has 0 aromatic heterocycles. The first-order valence-corrected chi connectivity index (χ1v) is 12.5. The number of amides is 2. The van der Waals surface area contributed by atoms with E-state index < -0.39 is 5.97 Å². The fourth-order valence-electron chi connectivity index (χ4n) is 3.57. The van der Waals surface area contributed by atoms with Gasteiger partial charge in [0.05, 0.1) is 25.2 Å². The molecule has 9 heteroatoms. The van der Waals surface area contributed by atoms with Gasteiger partial charge in [-0.3, -0.25) is 14.5 Å². The first-order chi connectivity index (χ1) is 17.2. The van der Waals surface area contributed by atoms with Gasteiger partial charge in [0, 0.05) is 0 Å². The number of imide groups is 1. The van der Waals surface area contributed by atoms with Crippen LogP contribution in [0, 0.1) is 6.92 Å². The van der Waals surface area contributed by atoms with Crippen molar-refractivity contribution < 1.29 is 33.3 Å². The fourth-order valence-corrected chi connectivity index (χ4v) is 4.43. The topological polar surface area (TPSA) is 91.4 Å². The molecule has 192 valence electrons. The van der Waals surface area contributed by atoms with E-state index in [4.69, 9.17) is 18.9 Å². The van der Waals surface area contributed by atoms with Crippen molar-refractivity contribution in [2.75, 3.05) is 33.5 Å². The molecule has 3 rings (SSSR count). The van der Waals surface area contributed by atoms with Gasteiger partial charge in [0.1, 0.15) is 12.4 Å². The molecule has 0 unspecified atom stereocenters. The monoisotopic (exact) mass is 513 g/mol. The van der Waals surface area contributed by atoms with E-state index in [0.29, 0.717) is 27.9 Å². The van der Waals surface area contributed by atoms with Gasteiger partial charge >= 0.3 is 5.97 Å². The molecule has 0 aliphatic carbocycles. The minimum absolute atomic E-state index is 0.150. The molecule has 1 fully saturated rings. The van der Waals surface area contributed by atoms with Gasteiger partial charge in [0.2, 0.25) is 0 Å². The van der Waals surface area contributed by atoms with Gasteiger partial charge in [-0.2, -0.15) is 0 Å². The van der Waals surface area contributed by atoms with Crippen LogP contribution in [0.3, 0.4) is 0 Å². The molecule has 1 aliphatic heterocycles. The second-order valence-electron chi connectivity index (χ2n) is 8.38. The summed E-state index contributed by atoms with van der Waals surface area (Å²) in [6.07, 6.45) is 1.63. The lowest BCUT2D eigenvalue weighted by Gasteiger charge is -2.17. The van der Waals surface area contributed by atoms with Crippen LogP contribution in [0.15, 0.2) is 41.3 Å². The number of hydrogen-bond donors (Lipinski definition) is 0. The third kappa shape index (κ3) is 6.81. The molecule has 0 radical (unpaired) electrons. The normalized spacial score (nSPS) is 14.5. The number of thioether (sulfide) groups is 1. The van der Waals surface area contributed by atoms with Gasteiger partial charge in [-0.1, -0.05) is 32.0 Å². The van der Waals surface area contributed by atoms with Crippen molar-refractivity contribution in [2.45, 2.75) is 33.6 Å².